The number of aryl methyl sites for hydroxylation is 1. The minimum Gasteiger partial charge on any atom is -0.393 e. The Morgan fingerprint density at radius 3 is 3.11 bits per heavy atom. The highest BCUT2D eigenvalue weighted by Gasteiger charge is 2.24. The summed E-state index contributed by atoms with van der Waals surface area (Å²) < 4.78 is 0. The Hall–Kier alpha value is -0.450. The van der Waals surface area contributed by atoms with Gasteiger partial charge in [0.25, 0.3) is 0 Å². The van der Waals surface area contributed by atoms with Crippen molar-refractivity contribution in [1.29, 1.82) is 0 Å². The molecule has 2 atom stereocenters. The van der Waals surface area contributed by atoms with Crippen molar-refractivity contribution in [2.45, 2.75) is 71.1 Å². The molecule has 1 fully saturated rings. The molecular formula is C15H26N2OS. The fourth-order valence-electron chi connectivity index (χ4n) is 2.89. The average molecular weight is 282 g/mol. The van der Waals surface area contributed by atoms with Crippen LogP contribution in [0.15, 0.2) is 5.38 Å². The molecule has 2 heterocycles. The maximum Gasteiger partial charge on any atom is 0.0928 e. The first-order chi connectivity index (χ1) is 9.19. The van der Waals surface area contributed by atoms with Gasteiger partial charge in [-0.3, -0.25) is 4.90 Å². The molecule has 0 spiro atoms. The molecule has 3 nitrogen and oxygen atoms in total. The topological polar surface area (TPSA) is 36.4 Å². The molecule has 1 aliphatic heterocycles. The Morgan fingerprint density at radius 2 is 2.37 bits per heavy atom. The fourth-order valence-corrected chi connectivity index (χ4v) is 3.78. The van der Waals surface area contributed by atoms with Gasteiger partial charge >= 0.3 is 0 Å². The number of hydrogen-bond acceptors (Lipinski definition) is 4. The molecule has 4 heteroatoms. The van der Waals surface area contributed by atoms with Crippen molar-refractivity contribution in [3.05, 3.63) is 16.1 Å². The molecule has 1 saturated heterocycles. The molecule has 108 valence electrons. The fraction of sp³-hybridized carbons (Fsp3) is 0.800. The molecule has 19 heavy (non-hydrogen) atoms. The zero-order valence-electron chi connectivity index (χ0n) is 12.1. The molecule has 1 aromatic heterocycles. The van der Waals surface area contributed by atoms with Crippen molar-refractivity contribution in [2.24, 2.45) is 0 Å². The van der Waals surface area contributed by atoms with Crippen LogP contribution >= 0.6 is 11.3 Å². The summed E-state index contributed by atoms with van der Waals surface area (Å²) >= 11 is 1.79. The van der Waals surface area contributed by atoms with Gasteiger partial charge in [-0.15, -0.1) is 11.3 Å². The number of likely N-dealkylation sites (tertiary alicyclic amines) is 1. The largest absolute Gasteiger partial charge is 0.393 e. The second-order valence-electron chi connectivity index (χ2n) is 5.69. The highest BCUT2D eigenvalue weighted by Crippen LogP contribution is 2.23. The van der Waals surface area contributed by atoms with Gasteiger partial charge in [0.2, 0.25) is 0 Å². The summed E-state index contributed by atoms with van der Waals surface area (Å²) in [6.07, 6.45) is 6.76. The number of hydrogen-bond donors (Lipinski definition) is 1. The van der Waals surface area contributed by atoms with Gasteiger partial charge in [0, 0.05) is 18.0 Å². The third-order valence-electron chi connectivity index (χ3n) is 3.79. The molecule has 1 aliphatic rings. The van der Waals surface area contributed by atoms with Crippen molar-refractivity contribution in [1.82, 2.24) is 9.88 Å². The lowest BCUT2D eigenvalue weighted by Gasteiger charge is -2.36. The SMILES string of the molecule is CCCc1nc(CN2CCCCC2CC(C)O)cs1. The van der Waals surface area contributed by atoms with Crippen molar-refractivity contribution in [2.75, 3.05) is 6.54 Å². The lowest BCUT2D eigenvalue weighted by atomic mass is 9.97. The minimum atomic E-state index is -0.198. The van der Waals surface area contributed by atoms with Crippen LogP contribution in [-0.2, 0) is 13.0 Å². The molecule has 0 aromatic carbocycles. The van der Waals surface area contributed by atoms with Gasteiger partial charge in [-0.1, -0.05) is 13.3 Å². The van der Waals surface area contributed by atoms with Gasteiger partial charge in [0.05, 0.1) is 16.8 Å². The van der Waals surface area contributed by atoms with E-state index in [0.717, 1.165) is 25.9 Å². The number of aliphatic hydroxyl groups excluding tert-OH is 1. The number of aliphatic hydroxyl groups is 1. The summed E-state index contributed by atoms with van der Waals surface area (Å²) in [5, 5.41) is 13.1. The molecule has 2 rings (SSSR count). The molecule has 2 unspecified atom stereocenters. The van der Waals surface area contributed by atoms with Crippen LogP contribution < -0.4 is 0 Å². The van der Waals surface area contributed by atoms with Gasteiger partial charge in [-0.2, -0.15) is 0 Å². The maximum atomic E-state index is 9.62. The average Bonchev–Trinajstić information content (AvgIpc) is 2.79. The van der Waals surface area contributed by atoms with E-state index >= 15 is 0 Å². The zero-order valence-corrected chi connectivity index (χ0v) is 13.0. The summed E-state index contributed by atoms with van der Waals surface area (Å²) in [7, 11) is 0. The van der Waals surface area contributed by atoms with Gasteiger partial charge in [0.1, 0.15) is 0 Å². The second-order valence-corrected chi connectivity index (χ2v) is 6.63. The van der Waals surface area contributed by atoms with E-state index in [-0.39, 0.29) is 6.10 Å². The highest BCUT2D eigenvalue weighted by atomic mass is 32.1. The van der Waals surface area contributed by atoms with Gasteiger partial charge in [-0.25, -0.2) is 4.98 Å². The standard InChI is InChI=1S/C15H26N2OS/c1-3-6-15-16-13(11-19-15)10-17-8-5-4-7-14(17)9-12(2)18/h11-12,14,18H,3-10H2,1-2H3. The van der Waals surface area contributed by atoms with E-state index < -0.39 is 0 Å². The maximum absolute atomic E-state index is 9.62. The van der Waals surface area contributed by atoms with Crippen LogP contribution in [0.3, 0.4) is 0 Å². The predicted octanol–water partition coefficient (Wildman–Crippen LogP) is 3.22. The summed E-state index contributed by atoms with van der Waals surface area (Å²) in [4.78, 5) is 7.24. The summed E-state index contributed by atoms with van der Waals surface area (Å²) in [5.41, 5.74) is 1.21. The summed E-state index contributed by atoms with van der Waals surface area (Å²) in [6, 6.07) is 0.532. The quantitative estimate of drug-likeness (QED) is 0.870. The van der Waals surface area contributed by atoms with Crippen LogP contribution in [0, 0.1) is 0 Å². The summed E-state index contributed by atoms with van der Waals surface area (Å²) in [5.74, 6) is 0. The lowest BCUT2D eigenvalue weighted by Crippen LogP contribution is -2.40. The molecule has 1 N–H and O–H groups in total. The van der Waals surface area contributed by atoms with Gasteiger partial charge in [0.15, 0.2) is 0 Å². The molecule has 0 aliphatic carbocycles. The molecular weight excluding hydrogens is 256 g/mol. The Bertz CT molecular complexity index is 378. The van der Waals surface area contributed by atoms with E-state index in [9.17, 15) is 5.11 Å². The molecule has 0 radical (unpaired) electrons. The second kappa shape index (κ2) is 7.36. The van der Waals surface area contributed by atoms with Crippen LogP contribution in [-0.4, -0.2) is 33.7 Å². The van der Waals surface area contributed by atoms with E-state index in [0.29, 0.717) is 6.04 Å². The Morgan fingerprint density at radius 1 is 1.53 bits per heavy atom. The van der Waals surface area contributed by atoms with Crippen LogP contribution in [0.4, 0.5) is 0 Å². The van der Waals surface area contributed by atoms with Crippen molar-refractivity contribution in [3.8, 4) is 0 Å². The molecule has 0 saturated carbocycles. The van der Waals surface area contributed by atoms with Gasteiger partial charge < -0.3 is 5.11 Å². The lowest BCUT2D eigenvalue weighted by molar-refractivity contribution is 0.0810. The first-order valence-electron chi connectivity index (χ1n) is 7.54. The van der Waals surface area contributed by atoms with E-state index in [1.807, 2.05) is 6.92 Å². The van der Waals surface area contributed by atoms with Crippen molar-refractivity contribution >= 4 is 11.3 Å². The van der Waals surface area contributed by atoms with E-state index in [4.69, 9.17) is 4.98 Å². The first kappa shape index (κ1) is 14.9. The Labute approximate surface area is 120 Å². The number of rotatable bonds is 6. The van der Waals surface area contributed by atoms with Crippen LogP contribution in [0.1, 0.15) is 56.7 Å². The van der Waals surface area contributed by atoms with E-state index in [1.54, 1.807) is 11.3 Å². The number of aromatic nitrogens is 1. The Kier molecular flexibility index (Phi) is 5.79. The molecule has 0 amide bonds. The zero-order chi connectivity index (χ0) is 13.7. The first-order valence-corrected chi connectivity index (χ1v) is 8.42. The monoisotopic (exact) mass is 282 g/mol. The number of piperidine rings is 1. The smallest absolute Gasteiger partial charge is 0.0928 e. The third kappa shape index (κ3) is 4.55. The number of nitrogens with zero attached hydrogens (tertiary/aromatic N) is 2. The third-order valence-corrected chi connectivity index (χ3v) is 4.75. The van der Waals surface area contributed by atoms with Crippen molar-refractivity contribution < 1.29 is 5.11 Å². The molecule has 0 bridgehead atoms. The highest BCUT2D eigenvalue weighted by molar-refractivity contribution is 7.09. The van der Waals surface area contributed by atoms with Crippen LogP contribution in [0.25, 0.3) is 0 Å². The minimum absolute atomic E-state index is 0.198. The van der Waals surface area contributed by atoms with E-state index in [1.165, 1.54) is 36.4 Å². The Balaban J connectivity index is 1.94. The van der Waals surface area contributed by atoms with Crippen LogP contribution in [0.5, 0.6) is 0 Å². The summed E-state index contributed by atoms with van der Waals surface area (Å²) in [6.45, 7) is 6.20. The number of thiazole rings is 1. The predicted molar refractivity (Wildman–Crippen MR) is 80.5 cm³/mol. The van der Waals surface area contributed by atoms with Gasteiger partial charge in [-0.05, 0) is 45.6 Å². The van der Waals surface area contributed by atoms with E-state index in [2.05, 4.69) is 17.2 Å². The van der Waals surface area contributed by atoms with Crippen LogP contribution in [0.2, 0.25) is 0 Å². The normalized spacial score (nSPS) is 22.6. The molecule has 1 aromatic rings. The van der Waals surface area contributed by atoms with Crippen molar-refractivity contribution in [3.63, 3.8) is 0 Å².